The molecule has 67 heavy (non-hydrogen) atoms. The zero-order valence-electron chi connectivity index (χ0n) is 43.1. The standard InChI is InChI=1S/C61H98O6/c1-4-7-10-13-16-19-22-25-27-29-30-32-33-36-39-42-45-48-51-54-60(63)66-57-58(56-65-59(62)53-50-47-44-41-38-35-24-21-18-15-12-9-6-3)67-61(64)55-52-49-46-43-40-37-34-31-28-26-23-20-17-14-11-8-5-2/h8-9,11-12,16-21,25-28,30,32,35,38,44,47,58H,4-7,10,13-15,22-24,29,31,33-34,36-37,39-43,45-46,48-57H2,1-3H3/b11-8-,12-9-,19-16-,20-17-,21-18-,27-25-,28-26-,32-30-,38-35-,47-44-. The van der Waals surface area contributed by atoms with Crippen molar-refractivity contribution < 1.29 is 28.6 Å². The minimum absolute atomic E-state index is 0.114. The van der Waals surface area contributed by atoms with Crippen molar-refractivity contribution in [3.05, 3.63) is 122 Å². The number of hydrogen-bond donors (Lipinski definition) is 0. The van der Waals surface area contributed by atoms with E-state index < -0.39 is 6.10 Å². The molecule has 0 aromatic carbocycles. The Bertz CT molecular complexity index is 1440. The van der Waals surface area contributed by atoms with E-state index in [-0.39, 0.29) is 37.5 Å². The number of allylic oxidation sites excluding steroid dienone is 20. The van der Waals surface area contributed by atoms with Gasteiger partial charge in [0.15, 0.2) is 6.10 Å². The fraction of sp³-hybridized carbons (Fsp3) is 0.623. The molecule has 0 radical (unpaired) electrons. The summed E-state index contributed by atoms with van der Waals surface area (Å²) in [5.74, 6) is -1.03. The molecular weight excluding hydrogens is 829 g/mol. The molecule has 0 spiro atoms. The number of hydrogen-bond acceptors (Lipinski definition) is 6. The molecule has 0 rings (SSSR count). The summed E-state index contributed by atoms with van der Waals surface area (Å²) in [4.78, 5) is 38.0. The molecule has 0 aliphatic heterocycles. The SMILES string of the molecule is CC/C=C\C/C=C\C/C=C\C/C=C\CCC(=O)OCC(COC(=O)CCCCCCCC/C=C\C/C=C\C/C=C\CCCCC)OC(=O)CCCCCCCCC/C=C\C/C=C\C/C=C\CC. The van der Waals surface area contributed by atoms with Gasteiger partial charge in [0.25, 0.3) is 0 Å². The first-order valence-electron chi connectivity index (χ1n) is 27.0. The Kier molecular flexibility index (Phi) is 51.0. The van der Waals surface area contributed by atoms with Gasteiger partial charge in [-0.2, -0.15) is 0 Å². The average molecular weight is 927 g/mol. The van der Waals surface area contributed by atoms with Gasteiger partial charge in [0.1, 0.15) is 13.2 Å². The second-order valence-electron chi connectivity index (χ2n) is 17.4. The summed E-state index contributed by atoms with van der Waals surface area (Å²) in [5.41, 5.74) is 0. The lowest BCUT2D eigenvalue weighted by molar-refractivity contribution is -0.166. The summed E-state index contributed by atoms with van der Waals surface area (Å²) in [6, 6.07) is 0. The molecular formula is C61H98O6. The predicted molar refractivity (Wildman–Crippen MR) is 288 cm³/mol. The summed E-state index contributed by atoms with van der Waals surface area (Å²) >= 11 is 0. The van der Waals surface area contributed by atoms with Crippen LogP contribution >= 0.6 is 0 Å². The van der Waals surface area contributed by atoms with Crippen LogP contribution in [-0.4, -0.2) is 37.2 Å². The zero-order chi connectivity index (χ0) is 48.6. The van der Waals surface area contributed by atoms with E-state index in [4.69, 9.17) is 14.2 Å². The van der Waals surface area contributed by atoms with Gasteiger partial charge in [0, 0.05) is 19.3 Å². The Labute approximate surface area is 412 Å². The molecule has 0 N–H and O–H groups in total. The highest BCUT2D eigenvalue weighted by atomic mass is 16.6. The van der Waals surface area contributed by atoms with Gasteiger partial charge in [-0.15, -0.1) is 0 Å². The maximum atomic E-state index is 12.8. The van der Waals surface area contributed by atoms with Crippen molar-refractivity contribution in [2.45, 2.75) is 232 Å². The molecule has 0 aliphatic rings. The summed E-state index contributed by atoms with van der Waals surface area (Å²) in [7, 11) is 0. The normalized spacial score (nSPS) is 13.1. The number of unbranched alkanes of at least 4 members (excludes halogenated alkanes) is 16. The van der Waals surface area contributed by atoms with Crippen LogP contribution in [0.2, 0.25) is 0 Å². The van der Waals surface area contributed by atoms with Crippen LogP contribution in [0.1, 0.15) is 226 Å². The van der Waals surface area contributed by atoms with E-state index in [9.17, 15) is 14.4 Å². The molecule has 1 unspecified atom stereocenters. The van der Waals surface area contributed by atoms with E-state index in [0.717, 1.165) is 122 Å². The molecule has 0 aromatic heterocycles. The van der Waals surface area contributed by atoms with Gasteiger partial charge in [-0.1, -0.05) is 213 Å². The highest BCUT2D eigenvalue weighted by molar-refractivity contribution is 5.71. The number of carbonyl (C=O) groups is 3. The first kappa shape index (κ1) is 62.8. The van der Waals surface area contributed by atoms with Crippen molar-refractivity contribution in [2.24, 2.45) is 0 Å². The van der Waals surface area contributed by atoms with Crippen LogP contribution in [-0.2, 0) is 28.6 Å². The van der Waals surface area contributed by atoms with E-state index in [0.29, 0.717) is 19.3 Å². The Morgan fingerprint density at radius 3 is 1.00 bits per heavy atom. The lowest BCUT2D eigenvalue weighted by Gasteiger charge is -2.18. The van der Waals surface area contributed by atoms with Gasteiger partial charge < -0.3 is 14.2 Å². The average Bonchev–Trinajstić information content (AvgIpc) is 3.33. The molecule has 0 aromatic rings. The molecule has 0 heterocycles. The van der Waals surface area contributed by atoms with Crippen LogP contribution in [0.15, 0.2) is 122 Å². The van der Waals surface area contributed by atoms with Gasteiger partial charge in [-0.25, -0.2) is 0 Å². The number of ether oxygens (including phenoxy) is 3. The molecule has 6 heteroatoms. The number of carbonyl (C=O) groups excluding carboxylic acids is 3. The Morgan fingerprint density at radius 2 is 0.612 bits per heavy atom. The van der Waals surface area contributed by atoms with E-state index in [1.165, 1.54) is 57.8 Å². The summed E-state index contributed by atoms with van der Waals surface area (Å²) in [6.45, 7) is 6.29. The second kappa shape index (κ2) is 54.4. The molecule has 0 saturated carbocycles. The van der Waals surface area contributed by atoms with Gasteiger partial charge in [-0.05, 0) is 116 Å². The Hall–Kier alpha value is -4.19. The van der Waals surface area contributed by atoms with Crippen molar-refractivity contribution in [1.29, 1.82) is 0 Å². The van der Waals surface area contributed by atoms with Crippen LogP contribution in [0, 0.1) is 0 Å². The van der Waals surface area contributed by atoms with Crippen molar-refractivity contribution >= 4 is 17.9 Å². The van der Waals surface area contributed by atoms with Crippen LogP contribution < -0.4 is 0 Å². The molecule has 0 aliphatic carbocycles. The first-order valence-corrected chi connectivity index (χ1v) is 27.0. The monoisotopic (exact) mass is 927 g/mol. The minimum Gasteiger partial charge on any atom is -0.462 e. The van der Waals surface area contributed by atoms with Crippen LogP contribution in [0.3, 0.4) is 0 Å². The fourth-order valence-corrected chi connectivity index (χ4v) is 6.95. The highest BCUT2D eigenvalue weighted by Crippen LogP contribution is 2.13. The molecule has 1 atom stereocenters. The van der Waals surface area contributed by atoms with Crippen LogP contribution in [0.4, 0.5) is 0 Å². The van der Waals surface area contributed by atoms with Gasteiger partial charge >= 0.3 is 17.9 Å². The molecule has 6 nitrogen and oxygen atoms in total. The largest absolute Gasteiger partial charge is 0.462 e. The third kappa shape index (κ3) is 52.6. The summed E-state index contributed by atoms with van der Waals surface area (Å²) in [6.07, 6.45) is 74.8. The molecule has 0 saturated heterocycles. The molecule has 0 amide bonds. The van der Waals surface area contributed by atoms with Crippen molar-refractivity contribution in [3.8, 4) is 0 Å². The highest BCUT2D eigenvalue weighted by Gasteiger charge is 2.19. The van der Waals surface area contributed by atoms with Crippen molar-refractivity contribution in [2.75, 3.05) is 13.2 Å². The second-order valence-corrected chi connectivity index (χ2v) is 17.4. The van der Waals surface area contributed by atoms with Gasteiger partial charge in [0.05, 0.1) is 0 Å². The van der Waals surface area contributed by atoms with Gasteiger partial charge in [0.2, 0.25) is 0 Å². The summed E-state index contributed by atoms with van der Waals surface area (Å²) < 4.78 is 16.7. The zero-order valence-corrected chi connectivity index (χ0v) is 43.1. The predicted octanol–water partition coefficient (Wildman–Crippen LogP) is 18.1. The Morgan fingerprint density at radius 1 is 0.313 bits per heavy atom. The van der Waals surface area contributed by atoms with Crippen LogP contribution in [0.5, 0.6) is 0 Å². The number of rotatable bonds is 47. The smallest absolute Gasteiger partial charge is 0.306 e. The number of esters is 3. The topological polar surface area (TPSA) is 78.9 Å². The third-order valence-corrected chi connectivity index (χ3v) is 10.9. The van der Waals surface area contributed by atoms with E-state index in [1.54, 1.807) is 0 Å². The fourth-order valence-electron chi connectivity index (χ4n) is 6.95. The van der Waals surface area contributed by atoms with Crippen molar-refractivity contribution in [3.63, 3.8) is 0 Å². The van der Waals surface area contributed by atoms with E-state index in [1.807, 2.05) is 12.2 Å². The lowest BCUT2D eigenvalue weighted by Crippen LogP contribution is -2.30. The third-order valence-electron chi connectivity index (χ3n) is 10.9. The Balaban J connectivity index is 4.50. The van der Waals surface area contributed by atoms with E-state index in [2.05, 4.69) is 130 Å². The summed E-state index contributed by atoms with van der Waals surface area (Å²) in [5, 5.41) is 0. The molecule has 378 valence electrons. The van der Waals surface area contributed by atoms with Crippen LogP contribution in [0.25, 0.3) is 0 Å². The first-order chi connectivity index (χ1) is 33.0. The quantitative estimate of drug-likeness (QED) is 0.0262. The minimum atomic E-state index is -0.821. The molecule has 0 fully saturated rings. The lowest BCUT2D eigenvalue weighted by atomic mass is 10.1. The maximum absolute atomic E-state index is 12.8. The van der Waals surface area contributed by atoms with Gasteiger partial charge in [-0.3, -0.25) is 14.4 Å². The van der Waals surface area contributed by atoms with Crippen molar-refractivity contribution in [1.82, 2.24) is 0 Å². The van der Waals surface area contributed by atoms with E-state index >= 15 is 0 Å². The molecule has 0 bridgehead atoms. The maximum Gasteiger partial charge on any atom is 0.306 e.